The first-order chi connectivity index (χ1) is 9.92. The van der Waals surface area contributed by atoms with E-state index in [0.717, 1.165) is 45.7 Å². The topological polar surface area (TPSA) is 44.7 Å². The van der Waals surface area contributed by atoms with Crippen molar-refractivity contribution in [3.8, 4) is 0 Å². The molecule has 2 fully saturated rings. The molecule has 4 heteroatoms. The largest absolute Gasteiger partial charge is 0.396 e. The number of likely N-dealkylation sites (tertiary alicyclic amines) is 1. The number of ether oxygens (including phenoxy) is 1. The van der Waals surface area contributed by atoms with Gasteiger partial charge in [0.25, 0.3) is 0 Å². The zero-order valence-electron chi connectivity index (χ0n) is 14.2. The molecular formula is C17H34N2O2. The number of aliphatic hydroxyl groups excluding tert-OH is 1. The molecule has 0 spiro atoms. The van der Waals surface area contributed by atoms with Crippen LogP contribution in [0.5, 0.6) is 0 Å². The molecular weight excluding hydrogens is 264 g/mol. The minimum Gasteiger partial charge on any atom is -0.396 e. The van der Waals surface area contributed by atoms with Gasteiger partial charge in [0.15, 0.2) is 0 Å². The molecule has 0 amide bonds. The minimum absolute atomic E-state index is 0.164. The molecule has 124 valence electrons. The molecule has 2 unspecified atom stereocenters. The van der Waals surface area contributed by atoms with Gasteiger partial charge in [-0.3, -0.25) is 0 Å². The summed E-state index contributed by atoms with van der Waals surface area (Å²) in [6.07, 6.45) is 4.67. The van der Waals surface area contributed by atoms with Crippen LogP contribution < -0.4 is 5.32 Å². The summed E-state index contributed by atoms with van der Waals surface area (Å²) >= 11 is 0. The maximum absolute atomic E-state index is 9.16. The van der Waals surface area contributed by atoms with E-state index in [4.69, 9.17) is 9.84 Å². The maximum atomic E-state index is 9.16. The van der Waals surface area contributed by atoms with Gasteiger partial charge in [-0.15, -0.1) is 0 Å². The first kappa shape index (κ1) is 17.2. The number of aliphatic hydroxyl groups is 1. The highest BCUT2D eigenvalue weighted by molar-refractivity contribution is 4.91. The Balaban J connectivity index is 1.89. The standard InChI is InChI=1S/C17H34N2O2/c1-16(2,3)18-12-17(7-10-21-14-17)13-19-8-4-5-15(11-19)6-9-20/h15,18,20H,4-14H2,1-3H3. The van der Waals surface area contributed by atoms with E-state index < -0.39 is 0 Å². The third-order valence-electron chi connectivity index (χ3n) is 4.88. The number of hydrogen-bond acceptors (Lipinski definition) is 4. The van der Waals surface area contributed by atoms with E-state index in [1.54, 1.807) is 0 Å². The second-order valence-corrected chi connectivity index (χ2v) is 8.16. The van der Waals surface area contributed by atoms with Gasteiger partial charge < -0.3 is 20.1 Å². The van der Waals surface area contributed by atoms with Crippen LogP contribution >= 0.6 is 0 Å². The van der Waals surface area contributed by atoms with Crippen molar-refractivity contribution < 1.29 is 9.84 Å². The lowest BCUT2D eigenvalue weighted by Crippen LogP contribution is -2.51. The number of nitrogens with zero attached hydrogens (tertiary/aromatic N) is 1. The van der Waals surface area contributed by atoms with Crippen LogP contribution in [0.25, 0.3) is 0 Å². The molecule has 2 rings (SSSR count). The van der Waals surface area contributed by atoms with Gasteiger partial charge in [0.1, 0.15) is 0 Å². The molecule has 0 aromatic heterocycles. The molecule has 0 saturated carbocycles. The smallest absolute Gasteiger partial charge is 0.0547 e. The van der Waals surface area contributed by atoms with Crippen molar-refractivity contribution in [3.63, 3.8) is 0 Å². The van der Waals surface area contributed by atoms with E-state index >= 15 is 0 Å². The second-order valence-electron chi connectivity index (χ2n) is 8.16. The molecule has 2 aliphatic heterocycles. The predicted molar refractivity (Wildman–Crippen MR) is 86.5 cm³/mol. The lowest BCUT2D eigenvalue weighted by molar-refractivity contribution is 0.0728. The SMILES string of the molecule is CC(C)(C)NCC1(CN2CCCC(CCO)C2)CCOC1. The predicted octanol–water partition coefficient (Wildman–Crippen LogP) is 1.88. The third kappa shape index (κ3) is 5.51. The summed E-state index contributed by atoms with van der Waals surface area (Å²) in [5, 5.41) is 12.8. The molecule has 2 heterocycles. The summed E-state index contributed by atoms with van der Waals surface area (Å²) in [7, 11) is 0. The van der Waals surface area contributed by atoms with E-state index in [-0.39, 0.29) is 11.0 Å². The first-order valence-corrected chi connectivity index (χ1v) is 8.58. The zero-order valence-corrected chi connectivity index (χ0v) is 14.2. The van der Waals surface area contributed by atoms with Gasteiger partial charge in [0, 0.05) is 43.8 Å². The Hall–Kier alpha value is -0.160. The summed E-state index contributed by atoms with van der Waals surface area (Å²) in [5.74, 6) is 0.679. The normalized spacial score (nSPS) is 31.7. The Bertz CT molecular complexity index is 306. The quantitative estimate of drug-likeness (QED) is 0.786. The Morgan fingerprint density at radius 3 is 2.81 bits per heavy atom. The molecule has 2 saturated heterocycles. The van der Waals surface area contributed by atoms with Gasteiger partial charge in [-0.05, 0) is 58.9 Å². The van der Waals surface area contributed by atoms with Crippen molar-refractivity contribution in [2.45, 2.75) is 52.0 Å². The molecule has 2 atom stereocenters. The van der Waals surface area contributed by atoms with E-state index in [9.17, 15) is 0 Å². The van der Waals surface area contributed by atoms with Gasteiger partial charge in [-0.1, -0.05) is 0 Å². The lowest BCUT2D eigenvalue weighted by Gasteiger charge is -2.40. The minimum atomic E-state index is 0.164. The zero-order chi connectivity index (χ0) is 15.3. The monoisotopic (exact) mass is 298 g/mol. The Kier molecular flexibility index (Phi) is 6.06. The molecule has 0 aromatic rings. The van der Waals surface area contributed by atoms with Crippen LogP contribution in [0.3, 0.4) is 0 Å². The van der Waals surface area contributed by atoms with E-state index in [2.05, 4.69) is 31.0 Å². The van der Waals surface area contributed by atoms with Crippen molar-refractivity contribution in [1.29, 1.82) is 0 Å². The van der Waals surface area contributed by atoms with Crippen molar-refractivity contribution in [1.82, 2.24) is 10.2 Å². The fourth-order valence-corrected chi connectivity index (χ4v) is 3.61. The summed E-state index contributed by atoms with van der Waals surface area (Å²) in [6, 6.07) is 0. The highest BCUT2D eigenvalue weighted by Gasteiger charge is 2.38. The van der Waals surface area contributed by atoms with Gasteiger partial charge in [-0.2, -0.15) is 0 Å². The highest BCUT2D eigenvalue weighted by Crippen LogP contribution is 2.31. The molecule has 0 bridgehead atoms. The fraction of sp³-hybridized carbons (Fsp3) is 1.00. The maximum Gasteiger partial charge on any atom is 0.0547 e. The first-order valence-electron chi connectivity index (χ1n) is 8.58. The molecule has 21 heavy (non-hydrogen) atoms. The van der Waals surface area contributed by atoms with Crippen LogP contribution in [0.15, 0.2) is 0 Å². The van der Waals surface area contributed by atoms with E-state index in [1.165, 1.54) is 19.4 Å². The molecule has 0 aliphatic carbocycles. The highest BCUT2D eigenvalue weighted by atomic mass is 16.5. The van der Waals surface area contributed by atoms with Crippen LogP contribution in [-0.4, -0.2) is 61.5 Å². The van der Waals surface area contributed by atoms with E-state index in [0.29, 0.717) is 12.5 Å². The van der Waals surface area contributed by atoms with Gasteiger partial charge in [0.05, 0.1) is 6.61 Å². The molecule has 2 N–H and O–H groups in total. The average Bonchev–Trinajstić information content (AvgIpc) is 2.86. The third-order valence-corrected chi connectivity index (χ3v) is 4.88. The number of rotatable bonds is 6. The second kappa shape index (κ2) is 7.40. The summed E-state index contributed by atoms with van der Waals surface area (Å²) < 4.78 is 5.73. The molecule has 0 radical (unpaired) electrons. The van der Waals surface area contributed by atoms with Crippen molar-refractivity contribution in [3.05, 3.63) is 0 Å². The van der Waals surface area contributed by atoms with Crippen LogP contribution in [0, 0.1) is 11.3 Å². The Labute approximate surface area is 130 Å². The van der Waals surface area contributed by atoms with Gasteiger partial charge >= 0.3 is 0 Å². The molecule has 2 aliphatic rings. The number of piperidine rings is 1. The Morgan fingerprint density at radius 2 is 2.19 bits per heavy atom. The lowest BCUT2D eigenvalue weighted by atomic mass is 9.84. The Morgan fingerprint density at radius 1 is 1.38 bits per heavy atom. The van der Waals surface area contributed by atoms with Crippen LogP contribution in [-0.2, 0) is 4.74 Å². The van der Waals surface area contributed by atoms with Crippen LogP contribution in [0.4, 0.5) is 0 Å². The number of nitrogens with one attached hydrogen (secondary N) is 1. The van der Waals surface area contributed by atoms with Crippen molar-refractivity contribution in [2.24, 2.45) is 11.3 Å². The fourth-order valence-electron chi connectivity index (χ4n) is 3.61. The van der Waals surface area contributed by atoms with Crippen molar-refractivity contribution in [2.75, 3.05) is 46.0 Å². The molecule has 0 aromatic carbocycles. The van der Waals surface area contributed by atoms with E-state index in [1.807, 2.05) is 0 Å². The average molecular weight is 298 g/mol. The summed E-state index contributed by atoms with van der Waals surface area (Å²) in [4.78, 5) is 2.61. The van der Waals surface area contributed by atoms with Crippen LogP contribution in [0.1, 0.15) is 46.5 Å². The number of hydrogen-bond donors (Lipinski definition) is 2. The van der Waals surface area contributed by atoms with Gasteiger partial charge in [0.2, 0.25) is 0 Å². The van der Waals surface area contributed by atoms with Gasteiger partial charge in [-0.25, -0.2) is 0 Å². The van der Waals surface area contributed by atoms with Crippen LogP contribution in [0.2, 0.25) is 0 Å². The molecule has 4 nitrogen and oxygen atoms in total. The van der Waals surface area contributed by atoms with Crippen molar-refractivity contribution >= 4 is 0 Å². The summed E-state index contributed by atoms with van der Waals surface area (Å²) in [6.45, 7) is 13.3. The summed E-state index contributed by atoms with van der Waals surface area (Å²) in [5.41, 5.74) is 0.436.